The highest BCUT2D eigenvalue weighted by Crippen LogP contribution is 2.25. The maximum Gasteiger partial charge on any atom is 0.0780 e. The summed E-state index contributed by atoms with van der Waals surface area (Å²) < 4.78 is 0. The highest BCUT2D eigenvalue weighted by atomic mass is 15.0. The van der Waals surface area contributed by atoms with Crippen LogP contribution in [0.3, 0.4) is 0 Å². The van der Waals surface area contributed by atoms with Crippen LogP contribution in [0.2, 0.25) is 0 Å². The van der Waals surface area contributed by atoms with Gasteiger partial charge in [0.05, 0.1) is 5.54 Å². The molecule has 1 nitrogen and oxygen atoms in total. The molecular formula is C17H19N. The molecule has 0 aliphatic heterocycles. The van der Waals surface area contributed by atoms with Gasteiger partial charge in [0.25, 0.3) is 0 Å². The van der Waals surface area contributed by atoms with Crippen molar-refractivity contribution in [1.29, 1.82) is 0 Å². The Labute approximate surface area is 109 Å². The van der Waals surface area contributed by atoms with Crippen LogP contribution in [0.4, 0.5) is 5.69 Å². The van der Waals surface area contributed by atoms with Gasteiger partial charge in [0.1, 0.15) is 0 Å². The molecular weight excluding hydrogens is 218 g/mol. The van der Waals surface area contributed by atoms with Crippen molar-refractivity contribution in [3.8, 4) is 0 Å². The minimum Gasteiger partial charge on any atom is -0.372 e. The quantitative estimate of drug-likeness (QED) is 0.761. The van der Waals surface area contributed by atoms with Crippen molar-refractivity contribution < 1.29 is 0 Å². The molecule has 0 saturated heterocycles. The maximum atomic E-state index is 3.92. The number of hydrogen-bond donors (Lipinski definition) is 1. The summed E-state index contributed by atoms with van der Waals surface area (Å²) in [7, 11) is 0. The zero-order valence-corrected chi connectivity index (χ0v) is 10.8. The molecule has 1 N–H and O–H groups in total. The normalized spacial score (nSPS) is 22.3. The third-order valence-electron chi connectivity index (χ3n) is 2.91. The summed E-state index contributed by atoms with van der Waals surface area (Å²) in [5, 5.41) is 3.58. The molecule has 1 atom stereocenters. The SMILES string of the molecule is C=C(C)C=CC1(Nc2ccccc2)C=CC=CC1. The number of anilines is 1. The first-order valence-electron chi connectivity index (χ1n) is 6.23. The Hall–Kier alpha value is -2.02. The summed E-state index contributed by atoms with van der Waals surface area (Å²) in [5.74, 6) is 0. The van der Waals surface area contributed by atoms with Crippen molar-refractivity contribution in [2.24, 2.45) is 0 Å². The zero-order chi connectivity index (χ0) is 12.8. The predicted octanol–water partition coefficient (Wildman–Crippen LogP) is 4.49. The van der Waals surface area contributed by atoms with E-state index in [2.05, 4.69) is 60.5 Å². The minimum atomic E-state index is -0.144. The fourth-order valence-electron chi connectivity index (χ4n) is 1.98. The van der Waals surface area contributed by atoms with E-state index in [0.29, 0.717) is 0 Å². The molecule has 2 rings (SSSR count). The fraction of sp³-hybridized carbons (Fsp3) is 0.176. The number of hydrogen-bond acceptors (Lipinski definition) is 1. The second kappa shape index (κ2) is 5.54. The molecule has 0 heterocycles. The largest absolute Gasteiger partial charge is 0.372 e. The van der Waals surface area contributed by atoms with E-state index in [9.17, 15) is 0 Å². The van der Waals surface area contributed by atoms with Crippen LogP contribution in [-0.4, -0.2) is 5.54 Å². The number of rotatable bonds is 4. The lowest BCUT2D eigenvalue weighted by atomic mass is 9.89. The van der Waals surface area contributed by atoms with Crippen LogP contribution in [0.1, 0.15) is 13.3 Å². The Balaban J connectivity index is 2.23. The highest BCUT2D eigenvalue weighted by molar-refractivity contribution is 5.51. The summed E-state index contributed by atoms with van der Waals surface area (Å²) in [6, 6.07) is 10.3. The lowest BCUT2D eigenvalue weighted by Crippen LogP contribution is -2.34. The van der Waals surface area contributed by atoms with Crippen molar-refractivity contribution >= 4 is 5.69 Å². The van der Waals surface area contributed by atoms with Gasteiger partial charge in [0.15, 0.2) is 0 Å². The number of allylic oxidation sites excluding steroid dienone is 4. The van der Waals surface area contributed by atoms with E-state index in [0.717, 1.165) is 17.7 Å². The van der Waals surface area contributed by atoms with E-state index in [1.54, 1.807) is 0 Å². The minimum absolute atomic E-state index is 0.144. The second-order valence-corrected chi connectivity index (χ2v) is 4.70. The lowest BCUT2D eigenvalue weighted by molar-refractivity contribution is 0.714. The Morgan fingerprint density at radius 1 is 1.28 bits per heavy atom. The molecule has 18 heavy (non-hydrogen) atoms. The molecule has 0 radical (unpaired) electrons. The number of para-hydroxylation sites is 1. The van der Waals surface area contributed by atoms with Gasteiger partial charge in [-0.1, -0.05) is 66.8 Å². The monoisotopic (exact) mass is 237 g/mol. The molecule has 0 amide bonds. The van der Waals surface area contributed by atoms with E-state index in [1.165, 1.54) is 0 Å². The number of benzene rings is 1. The molecule has 1 heteroatoms. The molecule has 0 bridgehead atoms. The van der Waals surface area contributed by atoms with Gasteiger partial charge in [-0.25, -0.2) is 0 Å². The summed E-state index contributed by atoms with van der Waals surface area (Å²) in [5.41, 5.74) is 2.05. The molecule has 0 aromatic heterocycles. The summed E-state index contributed by atoms with van der Waals surface area (Å²) in [6.07, 6.45) is 13.7. The zero-order valence-electron chi connectivity index (χ0n) is 10.8. The second-order valence-electron chi connectivity index (χ2n) is 4.70. The fourth-order valence-corrected chi connectivity index (χ4v) is 1.98. The predicted molar refractivity (Wildman–Crippen MR) is 79.6 cm³/mol. The van der Waals surface area contributed by atoms with Crippen LogP contribution in [0.5, 0.6) is 0 Å². The van der Waals surface area contributed by atoms with Crippen LogP contribution < -0.4 is 5.32 Å². The average Bonchev–Trinajstić information content (AvgIpc) is 2.39. The van der Waals surface area contributed by atoms with E-state index >= 15 is 0 Å². The van der Waals surface area contributed by atoms with Crippen LogP contribution in [0, 0.1) is 0 Å². The van der Waals surface area contributed by atoms with Crippen LogP contribution in [0.15, 0.2) is 78.9 Å². The highest BCUT2D eigenvalue weighted by Gasteiger charge is 2.23. The average molecular weight is 237 g/mol. The first-order chi connectivity index (χ1) is 8.70. The smallest absolute Gasteiger partial charge is 0.0780 e. The molecule has 0 fully saturated rings. The summed E-state index contributed by atoms with van der Waals surface area (Å²) in [6.45, 7) is 5.93. The Morgan fingerprint density at radius 3 is 2.67 bits per heavy atom. The van der Waals surface area contributed by atoms with Crippen molar-refractivity contribution in [1.82, 2.24) is 0 Å². The van der Waals surface area contributed by atoms with Gasteiger partial charge < -0.3 is 5.32 Å². The van der Waals surface area contributed by atoms with Gasteiger partial charge in [-0.3, -0.25) is 0 Å². The van der Waals surface area contributed by atoms with Crippen LogP contribution >= 0.6 is 0 Å². The van der Waals surface area contributed by atoms with E-state index in [4.69, 9.17) is 0 Å². The molecule has 1 unspecified atom stereocenters. The van der Waals surface area contributed by atoms with E-state index in [1.807, 2.05) is 25.1 Å². The third-order valence-corrected chi connectivity index (χ3v) is 2.91. The number of nitrogens with one attached hydrogen (secondary N) is 1. The van der Waals surface area contributed by atoms with E-state index in [-0.39, 0.29) is 5.54 Å². The Kier molecular flexibility index (Phi) is 3.83. The van der Waals surface area contributed by atoms with Gasteiger partial charge >= 0.3 is 0 Å². The molecule has 1 aliphatic rings. The molecule has 0 saturated carbocycles. The summed E-state index contributed by atoms with van der Waals surface area (Å²) >= 11 is 0. The van der Waals surface area contributed by atoms with Crippen molar-refractivity contribution in [2.45, 2.75) is 18.9 Å². The molecule has 1 aromatic carbocycles. The molecule has 92 valence electrons. The van der Waals surface area contributed by atoms with Gasteiger partial charge in [-0.05, 0) is 25.5 Å². The molecule has 1 aromatic rings. The van der Waals surface area contributed by atoms with Crippen molar-refractivity contribution in [2.75, 3.05) is 5.32 Å². The van der Waals surface area contributed by atoms with Gasteiger partial charge in [-0.15, -0.1) is 0 Å². The van der Waals surface area contributed by atoms with E-state index < -0.39 is 0 Å². The topological polar surface area (TPSA) is 12.0 Å². The van der Waals surface area contributed by atoms with Crippen molar-refractivity contribution in [3.05, 3.63) is 78.9 Å². The van der Waals surface area contributed by atoms with Crippen molar-refractivity contribution in [3.63, 3.8) is 0 Å². The van der Waals surface area contributed by atoms with Crippen LogP contribution in [0.25, 0.3) is 0 Å². The lowest BCUT2D eigenvalue weighted by Gasteiger charge is -2.30. The van der Waals surface area contributed by atoms with Gasteiger partial charge in [0, 0.05) is 5.69 Å². The maximum absolute atomic E-state index is 3.92. The van der Waals surface area contributed by atoms with Gasteiger partial charge in [-0.2, -0.15) is 0 Å². The summed E-state index contributed by atoms with van der Waals surface area (Å²) in [4.78, 5) is 0. The first kappa shape index (κ1) is 12.4. The molecule has 1 aliphatic carbocycles. The Morgan fingerprint density at radius 2 is 2.06 bits per heavy atom. The Bertz CT molecular complexity index is 494. The standard InChI is InChI=1S/C17H19N/c1-15(2)11-14-17(12-7-4-8-13-17)18-16-9-5-3-6-10-16/h3-12,14,18H,1,13H2,2H3. The molecule has 0 spiro atoms. The van der Waals surface area contributed by atoms with Gasteiger partial charge in [0.2, 0.25) is 0 Å². The van der Waals surface area contributed by atoms with Crippen LogP contribution in [-0.2, 0) is 0 Å². The third kappa shape index (κ3) is 3.24. The first-order valence-corrected chi connectivity index (χ1v) is 6.23.